The summed E-state index contributed by atoms with van der Waals surface area (Å²) < 4.78 is 0. The fraction of sp³-hybridized carbons (Fsp3) is 0.588. The highest BCUT2D eigenvalue weighted by molar-refractivity contribution is 8.15. The van der Waals surface area contributed by atoms with Crippen LogP contribution >= 0.6 is 11.8 Å². The molecular weight excluding hydrogens is 266 g/mol. The highest BCUT2D eigenvalue weighted by Crippen LogP contribution is 2.51. The lowest BCUT2D eigenvalue weighted by Gasteiger charge is -2.42. The van der Waals surface area contributed by atoms with Crippen LogP contribution in [0.3, 0.4) is 0 Å². The molecule has 1 aliphatic heterocycles. The number of rotatable bonds is 2. The van der Waals surface area contributed by atoms with Crippen molar-refractivity contribution in [3.8, 4) is 0 Å². The molecule has 1 atom stereocenters. The lowest BCUT2D eigenvalue weighted by molar-refractivity contribution is -0.111. The van der Waals surface area contributed by atoms with Crippen LogP contribution in [0.25, 0.3) is 0 Å². The van der Waals surface area contributed by atoms with E-state index in [-0.39, 0.29) is 10.9 Å². The van der Waals surface area contributed by atoms with Crippen molar-refractivity contribution < 1.29 is 4.79 Å². The van der Waals surface area contributed by atoms with Crippen molar-refractivity contribution >= 4 is 22.6 Å². The zero-order valence-corrected chi connectivity index (χ0v) is 13.2. The van der Waals surface area contributed by atoms with E-state index in [1.807, 2.05) is 0 Å². The predicted octanol–water partition coefficient (Wildman–Crippen LogP) is 4.38. The van der Waals surface area contributed by atoms with E-state index in [4.69, 9.17) is 0 Å². The molecule has 0 bridgehead atoms. The first kappa shape index (κ1) is 14.0. The van der Waals surface area contributed by atoms with Crippen molar-refractivity contribution in [3.63, 3.8) is 0 Å². The van der Waals surface area contributed by atoms with Gasteiger partial charge in [-0.2, -0.15) is 0 Å². The maximum absolute atomic E-state index is 12.3. The molecule has 2 aliphatic rings. The molecule has 3 rings (SSSR count). The molecule has 2 nitrogen and oxygen atoms in total. The number of benzene rings is 1. The first-order chi connectivity index (χ1) is 9.66. The van der Waals surface area contributed by atoms with Gasteiger partial charge in [-0.05, 0) is 43.9 Å². The van der Waals surface area contributed by atoms with Gasteiger partial charge >= 0.3 is 0 Å². The lowest BCUT2D eigenvalue weighted by Crippen LogP contribution is -2.47. The molecule has 1 aliphatic carbocycles. The molecule has 3 heteroatoms. The molecule has 0 amide bonds. The van der Waals surface area contributed by atoms with E-state index in [0.717, 1.165) is 19.3 Å². The Bertz CT molecular complexity index is 490. The lowest BCUT2D eigenvalue weighted by atomic mass is 9.92. The highest BCUT2D eigenvalue weighted by atomic mass is 32.2. The second kappa shape index (κ2) is 5.44. The summed E-state index contributed by atoms with van der Waals surface area (Å²) in [6.45, 7) is 4.24. The van der Waals surface area contributed by atoms with Crippen LogP contribution < -0.4 is 4.90 Å². The van der Waals surface area contributed by atoms with Crippen molar-refractivity contribution in [2.24, 2.45) is 0 Å². The largest absolute Gasteiger partial charge is 0.346 e. The van der Waals surface area contributed by atoms with Gasteiger partial charge in [0.05, 0.1) is 10.9 Å². The molecule has 2 fully saturated rings. The predicted molar refractivity (Wildman–Crippen MR) is 86.2 cm³/mol. The topological polar surface area (TPSA) is 20.3 Å². The normalized spacial score (nSPS) is 25.4. The number of hydrogen-bond donors (Lipinski definition) is 0. The molecule has 1 unspecified atom stereocenters. The Kier molecular flexibility index (Phi) is 3.80. The Balaban J connectivity index is 1.96. The van der Waals surface area contributed by atoms with Crippen LogP contribution in [0.4, 0.5) is 5.69 Å². The fourth-order valence-corrected chi connectivity index (χ4v) is 5.08. The van der Waals surface area contributed by atoms with Crippen LogP contribution in [-0.2, 0) is 11.2 Å². The smallest absolute Gasteiger partial charge is 0.213 e. The third-order valence-electron chi connectivity index (χ3n) is 4.72. The molecule has 0 aromatic heterocycles. The van der Waals surface area contributed by atoms with Crippen LogP contribution in [-0.4, -0.2) is 16.0 Å². The quantitative estimate of drug-likeness (QED) is 0.806. The highest BCUT2D eigenvalue weighted by Gasteiger charge is 2.50. The fourth-order valence-electron chi connectivity index (χ4n) is 3.58. The first-order valence-corrected chi connectivity index (χ1v) is 8.59. The second-order valence-corrected chi connectivity index (χ2v) is 7.36. The van der Waals surface area contributed by atoms with E-state index in [9.17, 15) is 4.79 Å². The summed E-state index contributed by atoms with van der Waals surface area (Å²) in [6, 6.07) is 8.80. The van der Waals surface area contributed by atoms with E-state index >= 15 is 0 Å². The third-order valence-corrected chi connectivity index (χ3v) is 6.24. The molecule has 1 spiro atoms. The van der Waals surface area contributed by atoms with Gasteiger partial charge in [-0.3, -0.25) is 4.79 Å². The van der Waals surface area contributed by atoms with Crippen molar-refractivity contribution in [2.45, 2.75) is 63.3 Å². The Morgan fingerprint density at radius 3 is 2.45 bits per heavy atom. The third kappa shape index (κ3) is 2.26. The van der Waals surface area contributed by atoms with Crippen LogP contribution in [0.2, 0.25) is 0 Å². The maximum Gasteiger partial charge on any atom is 0.213 e. The van der Waals surface area contributed by atoms with Crippen LogP contribution in [0, 0.1) is 0 Å². The SMILES string of the molecule is CCc1ccc(N2C(C)C(=O)SC23CCCCC3)cc1. The number of aryl methyl sites for hydroxylation is 1. The van der Waals surface area contributed by atoms with Gasteiger partial charge in [-0.15, -0.1) is 0 Å². The standard InChI is InChI=1S/C17H23NOS/c1-3-14-7-9-15(10-8-14)18-13(2)16(19)20-17(18)11-5-4-6-12-17/h7-10,13H,3-6,11-12H2,1-2H3. The molecule has 0 N–H and O–H groups in total. The van der Waals surface area contributed by atoms with Gasteiger partial charge in [0, 0.05) is 5.69 Å². The van der Waals surface area contributed by atoms with Gasteiger partial charge in [0.2, 0.25) is 5.12 Å². The van der Waals surface area contributed by atoms with Gasteiger partial charge in [0.15, 0.2) is 0 Å². The number of nitrogens with zero attached hydrogens (tertiary/aromatic N) is 1. The molecule has 108 valence electrons. The average molecular weight is 289 g/mol. The molecular formula is C17H23NOS. The number of carbonyl (C=O) groups is 1. The minimum Gasteiger partial charge on any atom is -0.346 e. The minimum atomic E-state index is 0.00516. The van der Waals surface area contributed by atoms with Gasteiger partial charge < -0.3 is 4.90 Å². The summed E-state index contributed by atoms with van der Waals surface area (Å²) in [4.78, 5) is 14.7. The van der Waals surface area contributed by atoms with Crippen molar-refractivity contribution in [3.05, 3.63) is 29.8 Å². The Labute approximate surface area is 125 Å². The van der Waals surface area contributed by atoms with Crippen molar-refractivity contribution in [1.82, 2.24) is 0 Å². The molecule has 1 saturated carbocycles. The van der Waals surface area contributed by atoms with E-state index in [2.05, 4.69) is 43.0 Å². The average Bonchev–Trinajstić information content (AvgIpc) is 2.71. The Morgan fingerprint density at radius 1 is 1.20 bits per heavy atom. The molecule has 0 radical (unpaired) electrons. The second-order valence-electron chi connectivity index (χ2n) is 5.99. The van der Waals surface area contributed by atoms with Crippen LogP contribution in [0.15, 0.2) is 24.3 Å². The maximum atomic E-state index is 12.3. The van der Waals surface area contributed by atoms with E-state index in [1.54, 1.807) is 11.8 Å². The van der Waals surface area contributed by atoms with Gasteiger partial charge in [0.25, 0.3) is 0 Å². The van der Waals surface area contributed by atoms with E-state index in [0.29, 0.717) is 5.12 Å². The Morgan fingerprint density at radius 2 is 1.85 bits per heavy atom. The minimum absolute atomic E-state index is 0.00516. The van der Waals surface area contributed by atoms with E-state index < -0.39 is 0 Å². The first-order valence-electron chi connectivity index (χ1n) is 7.77. The van der Waals surface area contributed by atoms with E-state index in [1.165, 1.54) is 30.5 Å². The summed E-state index contributed by atoms with van der Waals surface area (Å²) in [5, 5.41) is 0.339. The van der Waals surface area contributed by atoms with Gasteiger partial charge in [0.1, 0.15) is 0 Å². The summed E-state index contributed by atoms with van der Waals surface area (Å²) in [5.74, 6) is 0. The monoisotopic (exact) mass is 289 g/mol. The van der Waals surface area contributed by atoms with Crippen LogP contribution in [0.1, 0.15) is 51.5 Å². The van der Waals surface area contributed by atoms with Crippen molar-refractivity contribution in [2.75, 3.05) is 4.90 Å². The van der Waals surface area contributed by atoms with Crippen molar-refractivity contribution in [1.29, 1.82) is 0 Å². The molecule has 20 heavy (non-hydrogen) atoms. The zero-order valence-electron chi connectivity index (χ0n) is 12.4. The van der Waals surface area contributed by atoms with Gasteiger partial charge in [-0.25, -0.2) is 0 Å². The summed E-state index contributed by atoms with van der Waals surface area (Å²) in [7, 11) is 0. The number of thioether (sulfide) groups is 1. The summed E-state index contributed by atoms with van der Waals surface area (Å²) >= 11 is 1.60. The summed E-state index contributed by atoms with van der Waals surface area (Å²) in [5.41, 5.74) is 2.58. The molecule has 1 aromatic carbocycles. The molecule has 1 aromatic rings. The molecule has 1 heterocycles. The number of hydrogen-bond acceptors (Lipinski definition) is 3. The number of anilines is 1. The molecule has 1 saturated heterocycles. The van der Waals surface area contributed by atoms with Gasteiger partial charge in [-0.1, -0.05) is 50.1 Å². The zero-order chi connectivity index (χ0) is 14.2. The Hall–Kier alpha value is -0.960. The summed E-state index contributed by atoms with van der Waals surface area (Å²) in [6.07, 6.45) is 7.15. The van der Waals surface area contributed by atoms with Crippen LogP contribution in [0.5, 0.6) is 0 Å². The number of carbonyl (C=O) groups excluding carboxylic acids is 1.